The topological polar surface area (TPSA) is 72.5 Å². The summed E-state index contributed by atoms with van der Waals surface area (Å²) in [5.41, 5.74) is 1.30. The van der Waals surface area contributed by atoms with Crippen molar-refractivity contribution in [1.82, 2.24) is 4.72 Å². The van der Waals surface area contributed by atoms with E-state index in [4.69, 9.17) is 4.74 Å². The standard InChI is InChI=1S/C19H21NO4S/c1-2-24-19(21)16-10-12-17(13-11-16)25(22,23)20-18(15-8-9-15)14-6-4-3-5-7-14/h3-7,10-13,15,18,20H,2,8-9H2,1H3/t18-/m0/s1. The van der Waals surface area contributed by atoms with Crippen molar-refractivity contribution in [3.05, 3.63) is 65.7 Å². The molecule has 25 heavy (non-hydrogen) atoms. The summed E-state index contributed by atoms with van der Waals surface area (Å²) in [6.45, 7) is 2.00. The van der Waals surface area contributed by atoms with Gasteiger partial charge in [0.2, 0.25) is 10.0 Å². The van der Waals surface area contributed by atoms with Crippen molar-refractivity contribution >= 4 is 16.0 Å². The van der Waals surface area contributed by atoms with Crippen LogP contribution in [0.4, 0.5) is 0 Å². The SMILES string of the molecule is CCOC(=O)c1ccc(S(=O)(=O)N[C@@H](c2ccccc2)C2CC2)cc1. The molecule has 1 fully saturated rings. The number of rotatable bonds is 7. The first-order valence-corrected chi connectivity index (χ1v) is 9.84. The van der Waals surface area contributed by atoms with Crippen LogP contribution < -0.4 is 4.72 Å². The second-order valence-corrected chi connectivity index (χ2v) is 7.81. The zero-order chi connectivity index (χ0) is 17.9. The van der Waals surface area contributed by atoms with Gasteiger partial charge in [-0.1, -0.05) is 30.3 Å². The molecular weight excluding hydrogens is 338 g/mol. The van der Waals surface area contributed by atoms with Crippen LogP contribution in [0.1, 0.15) is 41.7 Å². The molecule has 0 saturated heterocycles. The van der Waals surface area contributed by atoms with Crippen molar-refractivity contribution in [3.63, 3.8) is 0 Å². The first-order chi connectivity index (χ1) is 12.0. The molecular formula is C19H21NO4S. The molecule has 2 aromatic rings. The number of benzene rings is 2. The molecule has 0 amide bonds. The Morgan fingerprint density at radius 1 is 1.12 bits per heavy atom. The molecule has 132 valence electrons. The summed E-state index contributed by atoms with van der Waals surface area (Å²) in [6.07, 6.45) is 2.04. The Bertz CT molecular complexity index is 827. The van der Waals surface area contributed by atoms with E-state index in [-0.39, 0.29) is 17.5 Å². The molecule has 6 heteroatoms. The van der Waals surface area contributed by atoms with Crippen molar-refractivity contribution in [1.29, 1.82) is 0 Å². The zero-order valence-electron chi connectivity index (χ0n) is 14.0. The van der Waals surface area contributed by atoms with Gasteiger partial charge >= 0.3 is 5.97 Å². The molecule has 1 saturated carbocycles. The fraction of sp³-hybridized carbons (Fsp3) is 0.316. The maximum Gasteiger partial charge on any atom is 0.338 e. The first-order valence-electron chi connectivity index (χ1n) is 8.35. The highest BCUT2D eigenvalue weighted by Gasteiger charge is 2.35. The van der Waals surface area contributed by atoms with Crippen LogP contribution in [0.25, 0.3) is 0 Å². The van der Waals surface area contributed by atoms with E-state index in [0.29, 0.717) is 11.5 Å². The number of hydrogen-bond donors (Lipinski definition) is 1. The number of nitrogens with one attached hydrogen (secondary N) is 1. The van der Waals surface area contributed by atoms with Crippen molar-refractivity contribution in [2.75, 3.05) is 6.61 Å². The molecule has 0 aromatic heterocycles. The van der Waals surface area contributed by atoms with E-state index < -0.39 is 16.0 Å². The second kappa shape index (κ2) is 7.37. The third kappa shape index (κ3) is 4.27. The Morgan fingerprint density at radius 2 is 1.76 bits per heavy atom. The highest BCUT2D eigenvalue weighted by Crippen LogP contribution is 2.41. The summed E-state index contributed by atoms with van der Waals surface area (Å²) in [4.78, 5) is 11.8. The minimum Gasteiger partial charge on any atom is -0.462 e. The third-order valence-corrected chi connectivity index (χ3v) is 5.67. The van der Waals surface area contributed by atoms with Gasteiger partial charge in [0, 0.05) is 6.04 Å². The quantitative estimate of drug-likeness (QED) is 0.770. The lowest BCUT2D eigenvalue weighted by atomic mass is 10.0. The average Bonchev–Trinajstić information content (AvgIpc) is 3.46. The molecule has 0 radical (unpaired) electrons. The van der Waals surface area contributed by atoms with E-state index in [1.165, 1.54) is 24.3 Å². The molecule has 1 atom stereocenters. The highest BCUT2D eigenvalue weighted by molar-refractivity contribution is 7.89. The van der Waals surface area contributed by atoms with Crippen LogP contribution in [0.5, 0.6) is 0 Å². The molecule has 0 spiro atoms. The molecule has 2 aromatic carbocycles. The van der Waals surface area contributed by atoms with Gasteiger partial charge in [-0.2, -0.15) is 0 Å². The lowest BCUT2D eigenvalue weighted by Gasteiger charge is -2.19. The van der Waals surface area contributed by atoms with Gasteiger partial charge in [-0.3, -0.25) is 0 Å². The molecule has 0 unspecified atom stereocenters. The fourth-order valence-electron chi connectivity index (χ4n) is 2.75. The summed E-state index contributed by atoms with van der Waals surface area (Å²) >= 11 is 0. The summed E-state index contributed by atoms with van der Waals surface area (Å²) in [5.74, 6) is -0.129. The number of carbonyl (C=O) groups is 1. The molecule has 1 aliphatic carbocycles. The van der Waals surface area contributed by atoms with Crippen LogP contribution in [-0.4, -0.2) is 21.0 Å². The van der Waals surface area contributed by atoms with E-state index in [9.17, 15) is 13.2 Å². The van der Waals surface area contributed by atoms with Crippen molar-refractivity contribution < 1.29 is 17.9 Å². The van der Waals surface area contributed by atoms with Crippen molar-refractivity contribution in [2.45, 2.75) is 30.7 Å². The number of ether oxygens (including phenoxy) is 1. The lowest BCUT2D eigenvalue weighted by molar-refractivity contribution is 0.0526. The van der Waals surface area contributed by atoms with Gasteiger partial charge in [0.25, 0.3) is 0 Å². The van der Waals surface area contributed by atoms with Gasteiger partial charge in [-0.15, -0.1) is 0 Å². The molecule has 1 aliphatic rings. The van der Waals surface area contributed by atoms with Gasteiger partial charge in [-0.05, 0) is 55.5 Å². The van der Waals surface area contributed by atoms with Crippen LogP contribution in [0.15, 0.2) is 59.5 Å². The number of hydrogen-bond acceptors (Lipinski definition) is 4. The van der Waals surface area contributed by atoms with E-state index in [1.807, 2.05) is 30.3 Å². The molecule has 0 aliphatic heterocycles. The van der Waals surface area contributed by atoms with Crippen molar-refractivity contribution in [2.24, 2.45) is 5.92 Å². The zero-order valence-corrected chi connectivity index (χ0v) is 14.8. The summed E-state index contributed by atoms with van der Waals surface area (Å²) < 4.78 is 33.2. The van der Waals surface area contributed by atoms with Gasteiger partial charge in [0.1, 0.15) is 0 Å². The van der Waals surface area contributed by atoms with E-state index in [2.05, 4.69) is 4.72 Å². The molecule has 3 rings (SSSR count). The normalized spacial score (nSPS) is 15.6. The summed E-state index contributed by atoms with van der Waals surface area (Å²) in [7, 11) is -3.67. The lowest BCUT2D eigenvalue weighted by Crippen LogP contribution is -2.30. The minimum atomic E-state index is -3.67. The van der Waals surface area contributed by atoms with Gasteiger partial charge in [0.05, 0.1) is 17.1 Å². The molecule has 0 bridgehead atoms. The smallest absolute Gasteiger partial charge is 0.338 e. The van der Waals surface area contributed by atoms with E-state index in [0.717, 1.165) is 18.4 Å². The maximum absolute atomic E-state index is 12.7. The number of carbonyl (C=O) groups excluding carboxylic acids is 1. The van der Waals surface area contributed by atoms with Crippen LogP contribution in [0, 0.1) is 5.92 Å². The second-order valence-electron chi connectivity index (χ2n) is 6.09. The Hall–Kier alpha value is -2.18. The number of esters is 1. The Balaban J connectivity index is 1.80. The van der Waals surface area contributed by atoms with Gasteiger partial charge in [-0.25, -0.2) is 17.9 Å². The Kier molecular flexibility index (Phi) is 5.20. The average molecular weight is 359 g/mol. The van der Waals surface area contributed by atoms with Crippen LogP contribution in [-0.2, 0) is 14.8 Å². The van der Waals surface area contributed by atoms with Gasteiger partial charge in [0.15, 0.2) is 0 Å². The van der Waals surface area contributed by atoms with Gasteiger partial charge < -0.3 is 4.74 Å². The predicted molar refractivity (Wildman–Crippen MR) is 94.6 cm³/mol. The van der Waals surface area contributed by atoms with Crippen LogP contribution in [0.2, 0.25) is 0 Å². The van der Waals surface area contributed by atoms with Crippen LogP contribution in [0.3, 0.4) is 0 Å². The molecule has 5 nitrogen and oxygen atoms in total. The summed E-state index contributed by atoms with van der Waals surface area (Å²) in [6, 6.07) is 15.2. The Labute approximate surface area is 148 Å². The largest absolute Gasteiger partial charge is 0.462 e. The monoisotopic (exact) mass is 359 g/mol. The summed E-state index contributed by atoms with van der Waals surface area (Å²) in [5, 5.41) is 0. The van der Waals surface area contributed by atoms with E-state index in [1.54, 1.807) is 6.92 Å². The van der Waals surface area contributed by atoms with Crippen molar-refractivity contribution in [3.8, 4) is 0 Å². The highest BCUT2D eigenvalue weighted by atomic mass is 32.2. The fourth-order valence-corrected chi connectivity index (χ4v) is 4.04. The predicted octanol–water partition coefficient (Wildman–Crippen LogP) is 3.29. The number of sulfonamides is 1. The Morgan fingerprint density at radius 3 is 2.32 bits per heavy atom. The molecule has 1 N–H and O–H groups in total. The minimum absolute atomic E-state index is 0.141. The first kappa shape index (κ1) is 17.6. The molecule has 0 heterocycles. The van der Waals surface area contributed by atoms with E-state index >= 15 is 0 Å². The third-order valence-electron chi connectivity index (χ3n) is 4.21. The van der Waals surface area contributed by atoms with Crippen LogP contribution >= 0.6 is 0 Å². The maximum atomic E-state index is 12.7.